The van der Waals surface area contributed by atoms with Gasteiger partial charge in [-0.2, -0.15) is 0 Å². The monoisotopic (exact) mass is 576 g/mol. The number of amides is 2. The highest BCUT2D eigenvalue weighted by molar-refractivity contribution is 14.0. The number of hydrogen-bond donors (Lipinski definition) is 2. The van der Waals surface area contributed by atoms with Gasteiger partial charge in [0.05, 0.1) is 6.54 Å². The second-order valence-corrected chi connectivity index (χ2v) is 9.17. The van der Waals surface area contributed by atoms with Gasteiger partial charge in [0.25, 0.3) is 0 Å². The second-order valence-electron chi connectivity index (χ2n) is 8.00. The first kappa shape index (κ1) is 28.5. The number of benzene rings is 1. The first-order valence-electron chi connectivity index (χ1n) is 10.8. The fourth-order valence-electron chi connectivity index (χ4n) is 3.09. The highest BCUT2D eigenvalue weighted by atomic mass is 127. The molecule has 0 radical (unpaired) electrons. The zero-order valence-corrected chi connectivity index (χ0v) is 22.7. The van der Waals surface area contributed by atoms with E-state index in [1.54, 1.807) is 30.8 Å². The van der Waals surface area contributed by atoms with Crippen molar-refractivity contribution in [3.63, 3.8) is 0 Å². The van der Waals surface area contributed by atoms with Crippen LogP contribution in [0.3, 0.4) is 0 Å². The summed E-state index contributed by atoms with van der Waals surface area (Å²) in [5.74, 6) is 1.70. The Morgan fingerprint density at radius 1 is 1.12 bits per heavy atom. The number of piperazine rings is 1. The largest absolute Gasteiger partial charge is 0.355 e. The standard InChI is InChI=1S/C22H36N6O2S.HI/c1-18(2)25-20(29)17-27-11-13-28(14-12-27)22(24-16-21(30)26(3)4)23-10-15-31-19-8-6-5-7-9-19;/h5-9,18H,10-17H2,1-4H3,(H,23,24)(H,25,29);1H. The Balaban J connectivity index is 0.00000512. The first-order chi connectivity index (χ1) is 14.8. The summed E-state index contributed by atoms with van der Waals surface area (Å²) >= 11 is 1.79. The van der Waals surface area contributed by atoms with Crippen LogP contribution >= 0.6 is 35.7 Å². The second kappa shape index (κ2) is 15.3. The van der Waals surface area contributed by atoms with Crippen molar-refractivity contribution in [2.24, 2.45) is 4.99 Å². The van der Waals surface area contributed by atoms with Crippen LogP contribution in [-0.2, 0) is 9.59 Å². The summed E-state index contributed by atoms with van der Waals surface area (Å²) < 4.78 is 0. The van der Waals surface area contributed by atoms with Crippen LogP contribution in [-0.4, -0.2) is 104 Å². The summed E-state index contributed by atoms with van der Waals surface area (Å²) in [6, 6.07) is 10.4. The number of nitrogens with zero attached hydrogens (tertiary/aromatic N) is 4. The van der Waals surface area contributed by atoms with Crippen LogP contribution in [0.25, 0.3) is 0 Å². The molecule has 1 heterocycles. The van der Waals surface area contributed by atoms with Gasteiger partial charge in [-0.3, -0.25) is 14.5 Å². The molecule has 2 N–H and O–H groups in total. The highest BCUT2D eigenvalue weighted by Crippen LogP contribution is 2.15. The van der Waals surface area contributed by atoms with Crippen molar-refractivity contribution >= 4 is 53.5 Å². The SMILES string of the molecule is CC(C)NC(=O)CN1CCN(C(=NCC(=O)N(C)C)NCCSc2ccccc2)CC1.I. The van der Waals surface area contributed by atoms with E-state index >= 15 is 0 Å². The molecule has 0 aliphatic carbocycles. The van der Waals surface area contributed by atoms with Gasteiger partial charge < -0.3 is 20.4 Å². The third-order valence-electron chi connectivity index (χ3n) is 4.75. The molecule has 0 unspecified atom stereocenters. The van der Waals surface area contributed by atoms with Crippen molar-refractivity contribution in [3.05, 3.63) is 30.3 Å². The summed E-state index contributed by atoms with van der Waals surface area (Å²) in [5, 5.41) is 6.36. The average Bonchev–Trinajstić information content (AvgIpc) is 2.73. The van der Waals surface area contributed by atoms with Crippen LogP contribution < -0.4 is 10.6 Å². The molecule has 32 heavy (non-hydrogen) atoms. The number of likely N-dealkylation sites (N-methyl/N-ethyl adjacent to an activating group) is 1. The molecular formula is C22H37IN6O2S. The molecule has 1 fully saturated rings. The summed E-state index contributed by atoms with van der Waals surface area (Å²) in [4.78, 5) is 35.7. The van der Waals surface area contributed by atoms with Gasteiger partial charge >= 0.3 is 0 Å². The van der Waals surface area contributed by atoms with Crippen LogP contribution in [0.4, 0.5) is 0 Å². The van der Waals surface area contributed by atoms with Crippen LogP contribution in [0.15, 0.2) is 40.2 Å². The zero-order valence-electron chi connectivity index (χ0n) is 19.5. The molecular weight excluding hydrogens is 539 g/mol. The molecule has 2 amide bonds. The van der Waals surface area contributed by atoms with Crippen LogP contribution in [0, 0.1) is 0 Å². The summed E-state index contributed by atoms with van der Waals surface area (Å²) in [7, 11) is 3.48. The van der Waals surface area contributed by atoms with Gasteiger partial charge in [0.2, 0.25) is 11.8 Å². The lowest BCUT2D eigenvalue weighted by Crippen LogP contribution is -2.54. The van der Waals surface area contributed by atoms with Gasteiger partial charge in [0.15, 0.2) is 5.96 Å². The molecule has 1 aromatic carbocycles. The Hall–Kier alpha value is -1.53. The molecule has 0 atom stereocenters. The van der Waals surface area contributed by atoms with Gasteiger partial charge in [0, 0.05) is 63.5 Å². The Labute approximate surface area is 213 Å². The number of aliphatic imine (C=N–C) groups is 1. The van der Waals surface area contributed by atoms with Crippen LogP contribution in [0.1, 0.15) is 13.8 Å². The molecule has 0 spiro atoms. The van der Waals surface area contributed by atoms with E-state index in [0.29, 0.717) is 6.54 Å². The third kappa shape index (κ3) is 10.9. The van der Waals surface area contributed by atoms with Crippen molar-refractivity contribution in [2.45, 2.75) is 24.8 Å². The van der Waals surface area contributed by atoms with Crippen molar-refractivity contribution in [3.8, 4) is 0 Å². The smallest absolute Gasteiger partial charge is 0.243 e. The number of carbonyl (C=O) groups excluding carboxylic acids is 2. The van der Waals surface area contributed by atoms with Crippen LogP contribution in [0.2, 0.25) is 0 Å². The molecule has 1 saturated heterocycles. The highest BCUT2D eigenvalue weighted by Gasteiger charge is 2.21. The minimum atomic E-state index is -0.0260. The third-order valence-corrected chi connectivity index (χ3v) is 5.76. The molecule has 1 aliphatic rings. The van der Waals surface area contributed by atoms with Gasteiger partial charge in [-0.1, -0.05) is 18.2 Å². The Kier molecular flexibility index (Phi) is 13.7. The number of hydrogen-bond acceptors (Lipinski definition) is 5. The minimum absolute atomic E-state index is 0. The van der Waals surface area contributed by atoms with Crippen molar-refractivity contribution in [1.29, 1.82) is 0 Å². The summed E-state index contributed by atoms with van der Waals surface area (Å²) in [6.07, 6.45) is 0. The molecule has 0 aromatic heterocycles. The predicted molar refractivity (Wildman–Crippen MR) is 143 cm³/mol. The van der Waals surface area contributed by atoms with Crippen LogP contribution in [0.5, 0.6) is 0 Å². The van der Waals surface area contributed by atoms with E-state index in [2.05, 4.69) is 37.6 Å². The summed E-state index contributed by atoms with van der Waals surface area (Å²) in [5.41, 5.74) is 0. The molecule has 2 rings (SSSR count). The molecule has 0 saturated carbocycles. The van der Waals surface area contributed by atoms with Crippen molar-refractivity contribution in [2.75, 3.05) is 65.7 Å². The maximum atomic E-state index is 12.0. The zero-order chi connectivity index (χ0) is 22.6. The number of carbonyl (C=O) groups is 2. The van der Waals surface area contributed by atoms with E-state index in [4.69, 9.17) is 0 Å². The topological polar surface area (TPSA) is 80.3 Å². The number of thioether (sulfide) groups is 1. The molecule has 8 nitrogen and oxygen atoms in total. The van der Waals surface area contributed by atoms with Crippen molar-refractivity contribution in [1.82, 2.24) is 25.3 Å². The van der Waals surface area contributed by atoms with Gasteiger partial charge in [-0.15, -0.1) is 35.7 Å². The lowest BCUT2D eigenvalue weighted by Gasteiger charge is -2.36. The molecule has 1 aliphatic heterocycles. The van der Waals surface area contributed by atoms with E-state index in [9.17, 15) is 9.59 Å². The average molecular weight is 577 g/mol. The quantitative estimate of drug-likeness (QED) is 0.153. The molecule has 180 valence electrons. The minimum Gasteiger partial charge on any atom is -0.355 e. The van der Waals surface area contributed by atoms with E-state index in [0.717, 1.165) is 44.4 Å². The molecule has 1 aromatic rings. The number of nitrogens with one attached hydrogen (secondary N) is 2. The van der Waals surface area contributed by atoms with E-state index in [-0.39, 0.29) is 48.4 Å². The number of guanidine groups is 1. The molecule has 0 bridgehead atoms. The fourth-order valence-corrected chi connectivity index (χ4v) is 3.88. The van der Waals surface area contributed by atoms with Crippen molar-refractivity contribution < 1.29 is 9.59 Å². The normalized spacial score (nSPS) is 14.7. The lowest BCUT2D eigenvalue weighted by atomic mass is 10.3. The maximum absolute atomic E-state index is 12.0. The fraction of sp³-hybridized carbons (Fsp3) is 0.591. The maximum Gasteiger partial charge on any atom is 0.243 e. The summed E-state index contributed by atoms with van der Waals surface area (Å²) in [6.45, 7) is 8.33. The number of halogens is 1. The predicted octanol–water partition coefficient (Wildman–Crippen LogP) is 1.57. The van der Waals surface area contributed by atoms with E-state index in [1.807, 2.05) is 32.0 Å². The first-order valence-corrected chi connectivity index (χ1v) is 11.8. The number of rotatable bonds is 9. The van der Waals surface area contributed by atoms with Gasteiger partial charge in [-0.05, 0) is 26.0 Å². The Bertz CT molecular complexity index is 724. The lowest BCUT2D eigenvalue weighted by molar-refractivity contribution is -0.127. The van der Waals surface area contributed by atoms with E-state index in [1.165, 1.54) is 4.90 Å². The van der Waals surface area contributed by atoms with Gasteiger partial charge in [-0.25, -0.2) is 4.99 Å². The Morgan fingerprint density at radius 3 is 2.38 bits per heavy atom. The Morgan fingerprint density at radius 2 is 1.78 bits per heavy atom. The van der Waals surface area contributed by atoms with E-state index < -0.39 is 0 Å². The van der Waals surface area contributed by atoms with Gasteiger partial charge in [0.1, 0.15) is 6.54 Å². The molecule has 10 heteroatoms.